The van der Waals surface area contributed by atoms with Crippen LogP contribution in [0.5, 0.6) is 5.88 Å². The summed E-state index contributed by atoms with van der Waals surface area (Å²) in [6.07, 6.45) is 4.75. The second-order valence-corrected chi connectivity index (χ2v) is 5.85. The van der Waals surface area contributed by atoms with Crippen molar-refractivity contribution in [2.75, 3.05) is 32.6 Å². The summed E-state index contributed by atoms with van der Waals surface area (Å²) in [6, 6.07) is 1.88. The fourth-order valence-corrected chi connectivity index (χ4v) is 2.51. The van der Waals surface area contributed by atoms with Crippen LogP contribution in [0.2, 0.25) is 0 Å². The van der Waals surface area contributed by atoms with E-state index < -0.39 is 0 Å². The number of hydrogen-bond acceptors (Lipinski definition) is 5. The van der Waals surface area contributed by atoms with Crippen molar-refractivity contribution in [3.8, 4) is 5.88 Å². The van der Waals surface area contributed by atoms with Crippen LogP contribution in [0.3, 0.4) is 0 Å². The number of aromatic nitrogens is 2. The summed E-state index contributed by atoms with van der Waals surface area (Å²) in [4.78, 5) is 11.2. The Bertz CT molecular complexity index is 443. The molecule has 0 saturated heterocycles. The zero-order valence-corrected chi connectivity index (χ0v) is 13.1. The maximum Gasteiger partial charge on any atom is 0.226 e. The first-order valence-electron chi connectivity index (χ1n) is 7.45. The molecule has 0 unspecified atom stereocenters. The van der Waals surface area contributed by atoms with Crippen molar-refractivity contribution in [1.29, 1.82) is 0 Å². The van der Waals surface area contributed by atoms with E-state index in [4.69, 9.17) is 4.74 Å². The van der Waals surface area contributed by atoms with Crippen molar-refractivity contribution in [2.45, 2.75) is 45.1 Å². The van der Waals surface area contributed by atoms with Crippen molar-refractivity contribution < 1.29 is 4.74 Å². The third kappa shape index (κ3) is 3.39. The van der Waals surface area contributed by atoms with Crippen LogP contribution in [0.25, 0.3) is 0 Å². The highest BCUT2D eigenvalue weighted by Crippen LogP contribution is 2.36. The first-order chi connectivity index (χ1) is 9.55. The quantitative estimate of drug-likeness (QED) is 0.830. The van der Waals surface area contributed by atoms with E-state index in [0.717, 1.165) is 18.7 Å². The van der Waals surface area contributed by atoms with Gasteiger partial charge in [0.2, 0.25) is 11.8 Å². The van der Waals surface area contributed by atoms with Crippen LogP contribution in [0.4, 0.5) is 5.95 Å². The van der Waals surface area contributed by atoms with Gasteiger partial charge in [0.15, 0.2) is 0 Å². The molecule has 1 saturated carbocycles. The number of rotatable bonds is 7. The molecule has 0 spiro atoms. The van der Waals surface area contributed by atoms with Gasteiger partial charge in [-0.3, -0.25) is 0 Å². The van der Waals surface area contributed by atoms with Crippen molar-refractivity contribution in [1.82, 2.24) is 14.9 Å². The molecule has 0 aromatic carbocycles. The van der Waals surface area contributed by atoms with Crippen LogP contribution < -0.4 is 10.1 Å². The Labute approximate surface area is 121 Å². The Morgan fingerprint density at radius 2 is 2.10 bits per heavy atom. The van der Waals surface area contributed by atoms with Gasteiger partial charge in [-0.2, -0.15) is 4.98 Å². The molecule has 1 heterocycles. The highest BCUT2D eigenvalue weighted by molar-refractivity contribution is 5.31. The molecule has 0 radical (unpaired) electrons. The van der Waals surface area contributed by atoms with Gasteiger partial charge in [0.25, 0.3) is 0 Å². The molecule has 1 aromatic heterocycles. The van der Waals surface area contributed by atoms with E-state index in [0.29, 0.717) is 18.4 Å². The average Bonchev–Trinajstić information content (AvgIpc) is 2.34. The van der Waals surface area contributed by atoms with Crippen LogP contribution >= 0.6 is 0 Å². The molecule has 1 aliphatic rings. The smallest absolute Gasteiger partial charge is 0.226 e. The normalized spacial score (nSPS) is 16.9. The highest BCUT2D eigenvalue weighted by Gasteiger charge is 2.38. The van der Waals surface area contributed by atoms with E-state index in [1.165, 1.54) is 19.3 Å². The third-order valence-electron chi connectivity index (χ3n) is 4.09. The van der Waals surface area contributed by atoms with Crippen LogP contribution in [-0.4, -0.2) is 47.7 Å². The van der Waals surface area contributed by atoms with Gasteiger partial charge in [0.1, 0.15) is 0 Å². The third-order valence-corrected chi connectivity index (χ3v) is 4.09. The number of hydrogen-bond donors (Lipinski definition) is 1. The largest absolute Gasteiger partial charge is 0.478 e. The molecule has 2 rings (SSSR count). The molecular formula is C15H26N4O. The fraction of sp³-hybridized carbons (Fsp3) is 0.733. The Hall–Kier alpha value is -1.36. The zero-order valence-electron chi connectivity index (χ0n) is 13.1. The van der Waals surface area contributed by atoms with E-state index in [1.54, 1.807) is 0 Å². The lowest BCUT2D eigenvalue weighted by molar-refractivity contribution is 0.0737. The van der Waals surface area contributed by atoms with Gasteiger partial charge in [0.05, 0.1) is 6.61 Å². The van der Waals surface area contributed by atoms with Crippen LogP contribution in [0.15, 0.2) is 6.07 Å². The Balaban J connectivity index is 2.00. The lowest BCUT2D eigenvalue weighted by atomic mass is 9.75. The number of aryl methyl sites for hydroxylation is 1. The van der Waals surface area contributed by atoms with Gasteiger partial charge >= 0.3 is 0 Å². The summed E-state index contributed by atoms with van der Waals surface area (Å²) >= 11 is 0. The van der Waals surface area contributed by atoms with E-state index in [-0.39, 0.29) is 5.54 Å². The summed E-state index contributed by atoms with van der Waals surface area (Å²) in [5.74, 6) is 1.33. The van der Waals surface area contributed by atoms with Crippen LogP contribution in [0, 0.1) is 6.92 Å². The van der Waals surface area contributed by atoms with E-state index in [9.17, 15) is 0 Å². The summed E-state index contributed by atoms with van der Waals surface area (Å²) < 4.78 is 5.59. The standard InChI is InChI=1S/C15H26N4O/c1-5-9-20-13-10-12(2)17-14(18-13)16-11-15(19(3)4)7-6-8-15/h10H,5-9,11H2,1-4H3,(H,16,17,18). The fourth-order valence-electron chi connectivity index (χ4n) is 2.51. The molecule has 5 heteroatoms. The van der Waals surface area contributed by atoms with Crippen molar-refractivity contribution in [2.24, 2.45) is 0 Å². The predicted molar refractivity (Wildman–Crippen MR) is 81.3 cm³/mol. The second kappa shape index (κ2) is 6.39. The number of nitrogens with one attached hydrogen (secondary N) is 1. The van der Waals surface area contributed by atoms with Crippen molar-refractivity contribution in [3.63, 3.8) is 0 Å². The first-order valence-corrected chi connectivity index (χ1v) is 7.45. The highest BCUT2D eigenvalue weighted by atomic mass is 16.5. The van der Waals surface area contributed by atoms with Gasteiger partial charge in [0, 0.05) is 23.8 Å². The summed E-state index contributed by atoms with van der Waals surface area (Å²) in [5.41, 5.74) is 1.19. The van der Waals surface area contributed by atoms with Gasteiger partial charge in [-0.15, -0.1) is 0 Å². The molecule has 112 valence electrons. The maximum absolute atomic E-state index is 5.59. The van der Waals surface area contributed by atoms with Crippen molar-refractivity contribution in [3.05, 3.63) is 11.8 Å². The lowest BCUT2D eigenvalue weighted by Crippen LogP contribution is -2.54. The van der Waals surface area contributed by atoms with Gasteiger partial charge in [-0.05, 0) is 46.7 Å². The second-order valence-electron chi connectivity index (χ2n) is 5.85. The van der Waals surface area contributed by atoms with Crippen LogP contribution in [0.1, 0.15) is 38.3 Å². The minimum atomic E-state index is 0.261. The minimum absolute atomic E-state index is 0.261. The van der Waals surface area contributed by atoms with Crippen molar-refractivity contribution >= 4 is 5.95 Å². The van der Waals surface area contributed by atoms with Gasteiger partial charge < -0.3 is 15.0 Å². The first kappa shape index (κ1) is 15.0. The Kier molecular flexibility index (Phi) is 4.81. The van der Waals surface area contributed by atoms with E-state index in [2.05, 4.69) is 41.2 Å². The average molecular weight is 278 g/mol. The number of anilines is 1. The molecule has 0 atom stereocenters. The molecule has 20 heavy (non-hydrogen) atoms. The molecule has 1 fully saturated rings. The van der Waals surface area contributed by atoms with E-state index in [1.807, 2.05) is 13.0 Å². The molecule has 0 amide bonds. The molecular weight excluding hydrogens is 252 g/mol. The number of nitrogens with zero attached hydrogens (tertiary/aromatic N) is 3. The Morgan fingerprint density at radius 3 is 2.65 bits per heavy atom. The monoisotopic (exact) mass is 278 g/mol. The topological polar surface area (TPSA) is 50.3 Å². The molecule has 0 aliphatic heterocycles. The minimum Gasteiger partial charge on any atom is -0.478 e. The lowest BCUT2D eigenvalue weighted by Gasteiger charge is -2.47. The molecule has 0 bridgehead atoms. The maximum atomic E-state index is 5.59. The van der Waals surface area contributed by atoms with Gasteiger partial charge in [-0.25, -0.2) is 4.98 Å². The van der Waals surface area contributed by atoms with Gasteiger partial charge in [-0.1, -0.05) is 6.92 Å². The predicted octanol–water partition coefficient (Wildman–Crippen LogP) is 2.47. The summed E-state index contributed by atoms with van der Waals surface area (Å²) in [5, 5.41) is 3.38. The Morgan fingerprint density at radius 1 is 1.35 bits per heavy atom. The number of ether oxygens (including phenoxy) is 1. The van der Waals surface area contributed by atoms with E-state index >= 15 is 0 Å². The summed E-state index contributed by atoms with van der Waals surface area (Å²) in [7, 11) is 4.29. The molecule has 1 N–H and O–H groups in total. The molecule has 5 nitrogen and oxygen atoms in total. The number of likely N-dealkylation sites (N-methyl/N-ethyl adjacent to an activating group) is 1. The molecule has 1 aliphatic carbocycles. The van der Waals surface area contributed by atoms with Crippen LogP contribution in [-0.2, 0) is 0 Å². The zero-order chi connectivity index (χ0) is 14.6. The SMILES string of the molecule is CCCOc1cc(C)nc(NCC2(N(C)C)CCC2)n1. The molecule has 1 aromatic rings. The summed E-state index contributed by atoms with van der Waals surface area (Å²) in [6.45, 7) is 5.63.